The van der Waals surface area contributed by atoms with Gasteiger partial charge in [-0.3, -0.25) is 0 Å². The molecule has 1 N–H and O–H groups in total. The highest BCUT2D eigenvalue weighted by molar-refractivity contribution is 7.13. The molecule has 0 saturated carbocycles. The van der Waals surface area contributed by atoms with E-state index in [0.29, 0.717) is 0 Å². The lowest BCUT2D eigenvalue weighted by Crippen LogP contribution is -2.41. The Balaban J connectivity index is 2.08. The number of anilines is 1. The van der Waals surface area contributed by atoms with Gasteiger partial charge in [0, 0.05) is 13.1 Å². The van der Waals surface area contributed by atoms with Crippen molar-refractivity contribution >= 4 is 16.5 Å². The van der Waals surface area contributed by atoms with Crippen LogP contribution in [0.15, 0.2) is 5.38 Å². The van der Waals surface area contributed by atoms with Crippen LogP contribution >= 0.6 is 11.3 Å². The van der Waals surface area contributed by atoms with Crippen LogP contribution in [0.4, 0.5) is 5.13 Å². The Hall–Kier alpha value is -0.810. The summed E-state index contributed by atoms with van der Waals surface area (Å²) < 4.78 is 5.41. The van der Waals surface area contributed by atoms with Gasteiger partial charge in [0.1, 0.15) is 0 Å². The van der Waals surface area contributed by atoms with Gasteiger partial charge in [-0.1, -0.05) is 0 Å². The lowest BCUT2D eigenvalue weighted by molar-refractivity contribution is 0.0532. The maximum atomic E-state index is 9.09. The van der Waals surface area contributed by atoms with Crippen molar-refractivity contribution in [1.29, 1.82) is 0 Å². The molecule has 2 rings (SSSR count). The number of thiazole rings is 1. The summed E-state index contributed by atoms with van der Waals surface area (Å²) in [4.78, 5) is 6.15. The highest BCUT2D eigenvalue weighted by Crippen LogP contribution is 2.25. The quantitative estimate of drug-likeness (QED) is 0.736. The molecule has 1 aromatic heterocycles. The Labute approximate surface area is 80.8 Å². The fraction of sp³-hybridized carbons (Fsp3) is 0.625. The van der Waals surface area contributed by atoms with E-state index in [9.17, 15) is 0 Å². The minimum atomic E-state index is 0.110. The first kappa shape index (κ1) is 8.77. The first-order valence-electron chi connectivity index (χ1n) is 4.27. The summed E-state index contributed by atoms with van der Waals surface area (Å²) in [6.07, 6.45) is 0.250. The maximum Gasteiger partial charge on any atom is 0.223 e. The van der Waals surface area contributed by atoms with E-state index < -0.39 is 0 Å². The van der Waals surface area contributed by atoms with Gasteiger partial charge < -0.3 is 14.7 Å². The molecule has 1 saturated heterocycles. The molecule has 1 aliphatic rings. The van der Waals surface area contributed by atoms with Crippen molar-refractivity contribution in [2.24, 2.45) is 0 Å². The van der Waals surface area contributed by atoms with Gasteiger partial charge in [0.25, 0.3) is 0 Å². The molecule has 72 valence electrons. The second kappa shape index (κ2) is 3.51. The zero-order valence-electron chi connectivity index (χ0n) is 7.43. The van der Waals surface area contributed by atoms with E-state index >= 15 is 0 Å². The molecule has 1 aliphatic heterocycles. The molecule has 0 aromatic carbocycles. The molecule has 0 aliphatic carbocycles. The van der Waals surface area contributed by atoms with E-state index in [1.165, 1.54) is 11.3 Å². The fourth-order valence-electron chi connectivity index (χ4n) is 1.39. The molecule has 4 nitrogen and oxygen atoms in total. The van der Waals surface area contributed by atoms with Gasteiger partial charge in [0.15, 0.2) is 5.13 Å². The van der Waals surface area contributed by atoms with E-state index in [-0.39, 0.29) is 12.0 Å². The van der Waals surface area contributed by atoms with Crippen LogP contribution < -0.4 is 4.90 Å². The van der Waals surface area contributed by atoms with E-state index in [0.717, 1.165) is 24.8 Å². The Kier molecular flexibility index (Phi) is 2.37. The summed E-state index contributed by atoms with van der Waals surface area (Å²) in [7, 11) is 0. The van der Waals surface area contributed by atoms with E-state index in [4.69, 9.17) is 9.84 Å². The Morgan fingerprint density at radius 1 is 1.77 bits per heavy atom. The van der Waals surface area contributed by atoms with Gasteiger partial charge in [-0.05, 0) is 6.92 Å². The summed E-state index contributed by atoms with van der Waals surface area (Å²) in [5.74, 6) is 0.110. The second-order valence-corrected chi connectivity index (χ2v) is 3.95. The van der Waals surface area contributed by atoms with Crippen LogP contribution in [0.5, 0.6) is 5.88 Å². The van der Waals surface area contributed by atoms with Crippen LogP contribution in [0.25, 0.3) is 0 Å². The van der Waals surface area contributed by atoms with Crippen LogP contribution in [0, 0.1) is 0 Å². The molecule has 1 aromatic rings. The molecule has 1 atom stereocenters. The molecule has 1 unspecified atom stereocenters. The monoisotopic (exact) mass is 200 g/mol. The molecular weight excluding hydrogens is 188 g/mol. The second-order valence-electron chi connectivity index (χ2n) is 3.12. The minimum Gasteiger partial charge on any atom is -0.493 e. The van der Waals surface area contributed by atoms with E-state index in [1.807, 2.05) is 6.92 Å². The molecule has 0 radical (unpaired) electrons. The van der Waals surface area contributed by atoms with Gasteiger partial charge in [-0.25, -0.2) is 0 Å². The Morgan fingerprint density at radius 2 is 2.62 bits per heavy atom. The van der Waals surface area contributed by atoms with Crippen LogP contribution in [0.3, 0.4) is 0 Å². The predicted molar refractivity (Wildman–Crippen MR) is 51.4 cm³/mol. The SMILES string of the molecule is CC1CN(c2nc(O)cs2)CCO1. The first-order chi connectivity index (χ1) is 6.25. The summed E-state index contributed by atoms with van der Waals surface area (Å²) in [6, 6.07) is 0. The average Bonchev–Trinajstić information content (AvgIpc) is 2.52. The molecule has 0 bridgehead atoms. The molecule has 5 heteroatoms. The summed E-state index contributed by atoms with van der Waals surface area (Å²) >= 11 is 1.47. The van der Waals surface area contributed by atoms with Crippen molar-refractivity contribution in [3.05, 3.63) is 5.38 Å². The van der Waals surface area contributed by atoms with Crippen molar-refractivity contribution in [2.75, 3.05) is 24.6 Å². The Bertz CT molecular complexity index is 289. The summed E-state index contributed by atoms with van der Waals surface area (Å²) in [6.45, 7) is 4.49. The third kappa shape index (κ3) is 1.92. The third-order valence-electron chi connectivity index (χ3n) is 1.99. The number of hydrogen-bond acceptors (Lipinski definition) is 5. The van der Waals surface area contributed by atoms with Crippen LogP contribution in [0.1, 0.15) is 6.92 Å². The van der Waals surface area contributed by atoms with Gasteiger partial charge in [-0.15, -0.1) is 11.3 Å². The normalized spacial score (nSPS) is 23.5. The van der Waals surface area contributed by atoms with Crippen molar-refractivity contribution in [1.82, 2.24) is 4.98 Å². The number of ether oxygens (including phenoxy) is 1. The lowest BCUT2D eigenvalue weighted by Gasteiger charge is -2.30. The van der Waals surface area contributed by atoms with Crippen LogP contribution in [-0.2, 0) is 4.74 Å². The number of morpholine rings is 1. The molecule has 13 heavy (non-hydrogen) atoms. The largest absolute Gasteiger partial charge is 0.493 e. The molecule has 0 amide bonds. The van der Waals surface area contributed by atoms with Crippen LogP contribution in [-0.4, -0.2) is 35.9 Å². The van der Waals surface area contributed by atoms with Gasteiger partial charge in [-0.2, -0.15) is 4.98 Å². The molecule has 0 spiro atoms. The van der Waals surface area contributed by atoms with Crippen molar-refractivity contribution < 1.29 is 9.84 Å². The van der Waals surface area contributed by atoms with Crippen LogP contribution in [0.2, 0.25) is 0 Å². The number of hydrogen-bond donors (Lipinski definition) is 1. The smallest absolute Gasteiger partial charge is 0.223 e. The fourth-order valence-corrected chi connectivity index (χ4v) is 2.12. The highest BCUT2D eigenvalue weighted by atomic mass is 32.1. The minimum absolute atomic E-state index is 0.110. The van der Waals surface area contributed by atoms with Gasteiger partial charge in [0.05, 0.1) is 18.1 Å². The molecule has 2 heterocycles. The highest BCUT2D eigenvalue weighted by Gasteiger charge is 2.19. The average molecular weight is 200 g/mol. The number of aromatic nitrogens is 1. The first-order valence-corrected chi connectivity index (χ1v) is 5.15. The Morgan fingerprint density at radius 3 is 3.23 bits per heavy atom. The molecular formula is C8H12N2O2S. The van der Waals surface area contributed by atoms with Crippen molar-refractivity contribution in [2.45, 2.75) is 13.0 Å². The standard InChI is InChI=1S/C8H12N2O2S/c1-6-4-10(2-3-12-6)8-9-7(11)5-13-8/h5-6,11H,2-4H2,1H3. The van der Waals surface area contributed by atoms with E-state index in [2.05, 4.69) is 9.88 Å². The number of rotatable bonds is 1. The number of nitrogens with zero attached hydrogens (tertiary/aromatic N) is 2. The van der Waals surface area contributed by atoms with E-state index in [1.54, 1.807) is 5.38 Å². The zero-order chi connectivity index (χ0) is 9.26. The topological polar surface area (TPSA) is 45.6 Å². The van der Waals surface area contributed by atoms with Crippen molar-refractivity contribution in [3.8, 4) is 5.88 Å². The van der Waals surface area contributed by atoms with Gasteiger partial charge in [0.2, 0.25) is 5.88 Å². The summed E-state index contributed by atoms with van der Waals surface area (Å²) in [5.41, 5.74) is 0. The predicted octanol–water partition coefficient (Wildman–Crippen LogP) is 1.07. The zero-order valence-corrected chi connectivity index (χ0v) is 8.25. The van der Waals surface area contributed by atoms with Gasteiger partial charge >= 0.3 is 0 Å². The maximum absolute atomic E-state index is 9.09. The van der Waals surface area contributed by atoms with Crippen molar-refractivity contribution in [3.63, 3.8) is 0 Å². The molecule has 1 fully saturated rings. The number of aromatic hydroxyl groups is 1. The third-order valence-corrected chi connectivity index (χ3v) is 2.88. The lowest BCUT2D eigenvalue weighted by atomic mass is 10.3. The summed E-state index contributed by atoms with van der Waals surface area (Å²) in [5, 5.41) is 11.6.